The number of carbonyl (C=O) groups is 2. The average Bonchev–Trinajstić information content (AvgIpc) is 3.37. The number of halogens is 3. The van der Waals surface area contributed by atoms with Gasteiger partial charge in [0.05, 0.1) is 18.2 Å². The van der Waals surface area contributed by atoms with Crippen LogP contribution < -0.4 is 14.8 Å². The third-order valence-corrected chi connectivity index (χ3v) is 6.63. The summed E-state index contributed by atoms with van der Waals surface area (Å²) in [4.78, 5) is 24.8. The Morgan fingerprint density at radius 2 is 1.66 bits per heavy atom. The van der Waals surface area contributed by atoms with E-state index in [1.165, 1.54) is 0 Å². The van der Waals surface area contributed by atoms with Gasteiger partial charge in [0.15, 0.2) is 5.78 Å². The fourth-order valence-electron chi connectivity index (χ4n) is 4.68. The second kappa shape index (κ2) is 10.9. The summed E-state index contributed by atoms with van der Waals surface area (Å²) >= 11 is 0. The van der Waals surface area contributed by atoms with Gasteiger partial charge in [0.2, 0.25) is 0 Å². The first-order valence-electron chi connectivity index (χ1n) is 11.7. The van der Waals surface area contributed by atoms with Gasteiger partial charge < -0.3 is 14.8 Å². The molecule has 1 heterocycles. The number of nitriles is 1. The van der Waals surface area contributed by atoms with Gasteiger partial charge >= 0.3 is 5.97 Å². The molecule has 1 aliphatic carbocycles. The van der Waals surface area contributed by atoms with Crippen molar-refractivity contribution in [3.05, 3.63) is 58.9 Å². The van der Waals surface area contributed by atoms with E-state index in [2.05, 4.69) is 5.32 Å². The van der Waals surface area contributed by atoms with E-state index in [0.29, 0.717) is 0 Å². The van der Waals surface area contributed by atoms with Gasteiger partial charge in [-0.15, -0.1) is 0 Å². The highest BCUT2D eigenvalue weighted by Crippen LogP contribution is 2.32. The second-order valence-corrected chi connectivity index (χ2v) is 8.98. The van der Waals surface area contributed by atoms with Crippen molar-refractivity contribution in [2.45, 2.75) is 44.6 Å². The lowest BCUT2D eigenvalue weighted by molar-refractivity contribution is -0.125. The molecule has 1 saturated carbocycles. The summed E-state index contributed by atoms with van der Waals surface area (Å²) in [6.45, 7) is 1.13. The molecule has 1 atom stereocenters. The van der Waals surface area contributed by atoms with E-state index in [9.17, 15) is 22.8 Å². The summed E-state index contributed by atoms with van der Waals surface area (Å²) < 4.78 is 53.2. The molecule has 35 heavy (non-hydrogen) atoms. The minimum Gasteiger partial charge on any atom is -0.493 e. The fraction of sp³-hybridized carbons (Fsp3) is 0.423. The Morgan fingerprint density at radius 1 is 0.971 bits per heavy atom. The standard InChI is InChI=1S/C26H25F3N2O4/c27-20-10-18(8-7-17(20)13-30)35-26(33)24-21(28)11-19(12-22(24)29)34-14-15-3-5-16(6-4-15)25(32)23-2-1-9-31-23/h7-8,10-12,15-16,23,31H,1-6,9,14H2/t15-,16-,23-/m0/s1. The SMILES string of the molecule is N#Cc1ccc(OC(=O)c2c(F)cc(OC[C@H]3CC[C@H](C(=O)[C@@H]4CCCN4)CC3)cc2F)cc1F. The largest absolute Gasteiger partial charge is 0.493 e. The molecule has 1 N–H and O–H groups in total. The third kappa shape index (κ3) is 5.82. The van der Waals surface area contributed by atoms with E-state index in [-0.39, 0.29) is 47.3 Å². The number of ketones is 1. The van der Waals surface area contributed by atoms with Crippen molar-refractivity contribution in [3.8, 4) is 17.6 Å². The highest BCUT2D eigenvalue weighted by molar-refractivity contribution is 5.92. The minimum absolute atomic E-state index is 0.0279. The zero-order valence-corrected chi connectivity index (χ0v) is 19.0. The van der Waals surface area contributed by atoms with Crippen LogP contribution in [0.5, 0.6) is 11.5 Å². The van der Waals surface area contributed by atoms with Crippen molar-refractivity contribution in [1.82, 2.24) is 5.32 Å². The number of carbonyl (C=O) groups excluding carboxylic acids is 2. The predicted molar refractivity (Wildman–Crippen MR) is 119 cm³/mol. The third-order valence-electron chi connectivity index (χ3n) is 6.63. The van der Waals surface area contributed by atoms with E-state index in [1.807, 2.05) is 0 Å². The first-order valence-corrected chi connectivity index (χ1v) is 11.7. The van der Waals surface area contributed by atoms with Crippen molar-refractivity contribution in [2.75, 3.05) is 13.2 Å². The number of nitrogens with zero attached hydrogens (tertiary/aromatic N) is 1. The van der Waals surface area contributed by atoms with Crippen molar-refractivity contribution in [1.29, 1.82) is 5.26 Å². The molecular formula is C26H25F3N2O4. The van der Waals surface area contributed by atoms with Crippen LogP contribution >= 0.6 is 0 Å². The van der Waals surface area contributed by atoms with Crippen LogP contribution in [0.2, 0.25) is 0 Å². The van der Waals surface area contributed by atoms with Crippen LogP contribution in [0.25, 0.3) is 0 Å². The van der Waals surface area contributed by atoms with E-state index in [0.717, 1.165) is 75.4 Å². The highest BCUT2D eigenvalue weighted by Gasteiger charge is 2.32. The van der Waals surface area contributed by atoms with Gasteiger partial charge in [-0.3, -0.25) is 4.79 Å². The molecule has 1 saturated heterocycles. The molecule has 2 aliphatic rings. The predicted octanol–water partition coefficient (Wildman–Crippen LogP) is 4.70. The molecule has 6 nitrogen and oxygen atoms in total. The zero-order valence-electron chi connectivity index (χ0n) is 19.0. The molecule has 4 rings (SSSR count). The lowest BCUT2D eigenvalue weighted by Crippen LogP contribution is -2.37. The van der Waals surface area contributed by atoms with Gasteiger partial charge in [-0.2, -0.15) is 5.26 Å². The lowest BCUT2D eigenvalue weighted by atomic mass is 9.78. The van der Waals surface area contributed by atoms with Crippen molar-refractivity contribution >= 4 is 11.8 Å². The first-order chi connectivity index (χ1) is 16.9. The molecule has 2 aromatic rings. The average molecular weight is 486 g/mol. The minimum atomic E-state index is -1.34. The summed E-state index contributed by atoms with van der Waals surface area (Å²) in [5.74, 6) is -4.44. The highest BCUT2D eigenvalue weighted by atomic mass is 19.1. The smallest absolute Gasteiger partial charge is 0.349 e. The molecule has 184 valence electrons. The van der Waals surface area contributed by atoms with Crippen LogP contribution in [0.15, 0.2) is 30.3 Å². The van der Waals surface area contributed by atoms with Gasteiger partial charge in [0.1, 0.15) is 40.6 Å². The summed E-state index contributed by atoms with van der Waals surface area (Å²) in [6.07, 6.45) is 5.05. The number of nitrogens with one attached hydrogen (secondary N) is 1. The molecule has 2 fully saturated rings. The van der Waals surface area contributed by atoms with Crippen LogP contribution in [-0.4, -0.2) is 30.9 Å². The number of hydrogen-bond acceptors (Lipinski definition) is 6. The fourth-order valence-corrected chi connectivity index (χ4v) is 4.68. The van der Waals surface area contributed by atoms with Crippen molar-refractivity contribution in [2.24, 2.45) is 11.8 Å². The molecule has 0 bridgehead atoms. The van der Waals surface area contributed by atoms with E-state index >= 15 is 0 Å². The Hall–Kier alpha value is -3.38. The Morgan fingerprint density at radius 3 is 2.26 bits per heavy atom. The van der Waals surface area contributed by atoms with Crippen LogP contribution in [0.4, 0.5) is 13.2 Å². The van der Waals surface area contributed by atoms with E-state index in [1.54, 1.807) is 6.07 Å². The maximum absolute atomic E-state index is 14.5. The molecule has 0 amide bonds. The number of rotatable bonds is 7. The van der Waals surface area contributed by atoms with Gasteiger partial charge in [-0.1, -0.05) is 0 Å². The molecule has 0 aromatic heterocycles. The van der Waals surface area contributed by atoms with Crippen molar-refractivity contribution < 1.29 is 32.2 Å². The summed E-state index contributed by atoms with van der Waals surface area (Å²) in [6, 6.07) is 6.43. The Kier molecular flexibility index (Phi) is 7.71. The van der Waals surface area contributed by atoms with E-state index in [4.69, 9.17) is 14.7 Å². The maximum Gasteiger partial charge on any atom is 0.349 e. The zero-order chi connectivity index (χ0) is 24.9. The van der Waals surface area contributed by atoms with Crippen LogP contribution in [-0.2, 0) is 4.79 Å². The van der Waals surface area contributed by atoms with Crippen LogP contribution in [0.1, 0.15) is 54.4 Å². The molecular weight excluding hydrogens is 461 g/mol. The van der Waals surface area contributed by atoms with Crippen LogP contribution in [0.3, 0.4) is 0 Å². The van der Waals surface area contributed by atoms with Gasteiger partial charge in [0.25, 0.3) is 0 Å². The molecule has 0 unspecified atom stereocenters. The Balaban J connectivity index is 1.31. The summed E-state index contributed by atoms with van der Waals surface area (Å²) in [7, 11) is 0. The molecule has 0 spiro atoms. The van der Waals surface area contributed by atoms with Crippen LogP contribution in [0, 0.1) is 40.6 Å². The van der Waals surface area contributed by atoms with Gasteiger partial charge in [-0.25, -0.2) is 18.0 Å². The monoisotopic (exact) mass is 486 g/mol. The summed E-state index contributed by atoms with van der Waals surface area (Å²) in [5.41, 5.74) is -1.18. The van der Waals surface area contributed by atoms with Crippen molar-refractivity contribution in [3.63, 3.8) is 0 Å². The number of hydrogen-bond donors (Lipinski definition) is 1. The first kappa shape index (κ1) is 24.7. The Bertz CT molecular complexity index is 1130. The second-order valence-electron chi connectivity index (χ2n) is 8.98. The summed E-state index contributed by atoms with van der Waals surface area (Å²) in [5, 5.41) is 12.0. The molecule has 0 radical (unpaired) electrons. The number of esters is 1. The lowest BCUT2D eigenvalue weighted by Gasteiger charge is -2.29. The van der Waals surface area contributed by atoms with E-state index < -0.39 is 29.0 Å². The maximum atomic E-state index is 14.5. The topological polar surface area (TPSA) is 88.4 Å². The molecule has 2 aromatic carbocycles. The number of benzene rings is 2. The normalized spacial score (nSPS) is 21.8. The number of ether oxygens (including phenoxy) is 2. The van der Waals surface area contributed by atoms with Gasteiger partial charge in [-0.05, 0) is 63.1 Å². The molecule has 9 heteroatoms. The number of Topliss-reactive ketones (excluding diaryl/α,β-unsaturated/α-hetero) is 1. The molecule has 1 aliphatic heterocycles. The Labute approximate surface area is 201 Å². The quantitative estimate of drug-likeness (QED) is 0.451. The van der Waals surface area contributed by atoms with Gasteiger partial charge in [0, 0.05) is 24.1 Å².